The Morgan fingerprint density at radius 3 is 2.54 bits per heavy atom. The van der Waals surface area contributed by atoms with Crippen molar-refractivity contribution in [1.82, 2.24) is 4.90 Å². The topological polar surface area (TPSA) is 70.9 Å². The Bertz CT molecular complexity index is 898. The molecule has 8 heteroatoms. The van der Waals surface area contributed by atoms with Gasteiger partial charge in [-0.15, -0.1) is 0 Å². The number of carbonyl (C=O) groups excluding carboxylic acids is 3. The molecule has 1 heterocycles. The van der Waals surface area contributed by atoms with Crippen LogP contribution in [0.1, 0.15) is 15.9 Å². The number of hydrogen-bond donors (Lipinski definition) is 2. The molecule has 0 bridgehead atoms. The van der Waals surface area contributed by atoms with Crippen molar-refractivity contribution in [3.05, 3.63) is 63.1 Å². The smallest absolute Gasteiger partial charge is 0.279 e. The van der Waals surface area contributed by atoms with Crippen molar-refractivity contribution in [2.24, 2.45) is 0 Å². The van der Waals surface area contributed by atoms with E-state index in [2.05, 4.69) is 21.2 Å². The molecular weight excluding hydrogens is 446 g/mol. The second-order valence-corrected chi connectivity index (χ2v) is 7.91. The van der Waals surface area contributed by atoms with E-state index in [1.165, 1.54) is 0 Å². The molecule has 6 nitrogen and oxygen atoms in total. The summed E-state index contributed by atoms with van der Waals surface area (Å²) in [5, 5.41) is 3.26. The average molecular weight is 466 g/mol. The van der Waals surface area contributed by atoms with Gasteiger partial charge in [0, 0.05) is 20.6 Å². The maximum atomic E-state index is 13.0. The van der Waals surface area contributed by atoms with Crippen LogP contribution in [0, 0.1) is 0 Å². The average Bonchev–Trinajstić information content (AvgIpc) is 2.70. The highest BCUT2D eigenvalue weighted by Crippen LogP contribution is 2.26. The summed E-state index contributed by atoms with van der Waals surface area (Å²) < 4.78 is 0.676. The number of nitrogens with one attached hydrogen (secondary N) is 2. The second-order valence-electron chi connectivity index (χ2n) is 6.62. The van der Waals surface area contributed by atoms with Crippen LogP contribution in [0.5, 0.6) is 0 Å². The van der Waals surface area contributed by atoms with E-state index in [1.54, 1.807) is 41.3 Å². The van der Waals surface area contributed by atoms with Gasteiger partial charge >= 0.3 is 0 Å². The molecule has 1 aliphatic heterocycles. The fourth-order valence-corrected chi connectivity index (χ4v) is 3.78. The normalized spacial score (nSPS) is 14.6. The molecule has 0 atom stereocenters. The zero-order valence-electron chi connectivity index (χ0n) is 15.1. The number of halogens is 2. The lowest BCUT2D eigenvalue weighted by molar-refractivity contribution is -0.895. The monoisotopic (exact) mass is 464 g/mol. The van der Waals surface area contributed by atoms with Gasteiger partial charge < -0.3 is 15.1 Å². The van der Waals surface area contributed by atoms with Crippen LogP contribution in [-0.2, 0) is 9.59 Å². The molecule has 1 fully saturated rings. The minimum absolute atomic E-state index is 0.182. The van der Waals surface area contributed by atoms with Crippen molar-refractivity contribution < 1.29 is 19.3 Å². The van der Waals surface area contributed by atoms with Crippen molar-refractivity contribution in [2.45, 2.75) is 0 Å². The van der Waals surface area contributed by atoms with Gasteiger partial charge in [0.25, 0.3) is 5.91 Å². The summed E-state index contributed by atoms with van der Waals surface area (Å²) in [4.78, 5) is 39.1. The van der Waals surface area contributed by atoms with Crippen molar-refractivity contribution in [2.75, 3.05) is 38.0 Å². The molecule has 0 radical (unpaired) electrons. The fraction of sp³-hybridized carbons (Fsp3) is 0.250. The van der Waals surface area contributed by atoms with E-state index < -0.39 is 0 Å². The minimum Gasteiger partial charge on any atom is -0.334 e. The molecule has 1 saturated heterocycles. The molecule has 146 valence electrons. The lowest BCUT2D eigenvalue weighted by atomic mass is 10.0. The van der Waals surface area contributed by atoms with Crippen LogP contribution < -0.4 is 10.2 Å². The molecule has 0 saturated carbocycles. The molecule has 0 aromatic heterocycles. The van der Waals surface area contributed by atoms with E-state index in [1.807, 2.05) is 6.07 Å². The maximum absolute atomic E-state index is 13.0. The number of piperazine rings is 1. The predicted octanol–water partition coefficient (Wildman–Crippen LogP) is 1.63. The quantitative estimate of drug-likeness (QED) is 0.503. The third kappa shape index (κ3) is 4.98. The third-order valence-corrected chi connectivity index (χ3v) is 5.61. The molecule has 3 rings (SSSR count). The number of rotatable bonds is 6. The summed E-state index contributed by atoms with van der Waals surface area (Å²) in [6.07, 6.45) is 0.837. The first-order chi connectivity index (χ1) is 13.5. The maximum Gasteiger partial charge on any atom is 0.279 e. The van der Waals surface area contributed by atoms with Gasteiger partial charge in [0.05, 0.1) is 31.9 Å². The highest BCUT2D eigenvalue weighted by atomic mass is 79.9. The first-order valence-electron chi connectivity index (χ1n) is 8.89. The third-order valence-electron chi connectivity index (χ3n) is 4.68. The molecule has 0 spiro atoms. The number of benzene rings is 2. The largest absolute Gasteiger partial charge is 0.334 e. The van der Waals surface area contributed by atoms with Crippen LogP contribution in [0.2, 0.25) is 5.02 Å². The van der Waals surface area contributed by atoms with Gasteiger partial charge in [-0.25, -0.2) is 0 Å². The second kappa shape index (κ2) is 9.32. The molecular formula is C20H20BrClN3O3+. The summed E-state index contributed by atoms with van der Waals surface area (Å²) in [5.41, 5.74) is 1.27. The standard InChI is InChI=1S/C20H19BrClN3O3/c21-17-4-2-1-3-15(17)20(28)16-11-14(22)5-6-18(16)23-19(27)12-24-7-9-25(13-26)10-8-24/h1-6,11,13H,7-10,12H2,(H,23,27)/p+1. The number of ketones is 1. The van der Waals surface area contributed by atoms with E-state index in [9.17, 15) is 14.4 Å². The summed E-state index contributed by atoms with van der Waals surface area (Å²) in [6.45, 7) is 2.99. The van der Waals surface area contributed by atoms with Gasteiger partial charge in [-0.3, -0.25) is 14.4 Å². The van der Waals surface area contributed by atoms with Crippen LogP contribution in [0.4, 0.5) is 5.69 Å². The molecule has 28 heavy (non-hydrogen) atoms. The lowest BCUT2D eigenvalue weighted by Gasteiger charge is -2.29. The van der Waals surface area contributed by atoms with E-state index >= 15 is 0 Å². The van der Waals surface area contributed by atoms with Gasteiger partial charge in [0.2, 0.25) is 6.41 Å². The Morgan fingerprint density at radius 1 is 1.14 bits per heavy atom. The number of amides is 2. The first kappa shape index (κ1) is 20.5. The Labute approximate surface area is 176 Å². The van der Waals surface area contributed by atoms with Gasteiger partial charge in [0.1, 0.15) is 0 Å². The number of anilines is 1. The summed E-state index contributed by atoms with van der Waals surface area (Å²) in [5.74, 6) is -0.407. The molecule has 0 aliphatic carbocycles. The number of quaternary nitrogens is 1. The lowest BCUT2D eigenvalue weighted by Crippen LogP contribution is -3.15. The van der Waals surface area contributed by atoms with Crippen molar-refractivity contribution >= 4 is 51.3 Å². The summed E-state index contributed by atoms with van der Waals surface area (Å²) >= 11 is 9.49. The Balaban J connectivity index is 1.74. The van der Waals surface area contributed by atoms with Crippen molar-refractivity contribution in [3.63, 3.8) is 0 Å². The van der Waals surface area contributed by atoms with E-state index in [4.69, 9.17) is 11.6 Å². The van der Waals surface area contributed by atoms with E-state index in [0.717, 1.165) is 24.4 Å². The Morgan fingerprint density at radius 2 is 1.86 bits per heavy atom. The molecule has 1 aliphatic rings. The Hall–Kier alpha value is -2.22. The van der Waals surface area contributed by atoms with Gasteiger partial charge in [-0.05, 0) is 30.3 Å². The Kier molecular flexibility index (Phi) is 6.83. The highest BCUT2D eigenvalue weighted by molar-refractivity contribution is 9.10. The highest BCUT2D eigenvalue weighted by Gasteiger charge is 2.23. The van der Waals surface area contributed by atoms with Crippen molar-refractivity contribution in [3.8, 4) is 0 Å². The molecule has 2 amide bonds. The summed E-state index contributed by atoms with van der Waals surface area (Å²) in [7, 11) is 0. The minimum atomic E-state index is -0.225. The van der Waals surface area contributed by atoms with E-state index in [0.29, 0.717) is 39.4 Å². The molecule has 2 aromatic rings. The zero-order valence-corrected chi connectivity index (χ0v) is 17.4. The van der Waals surface area contributed by atoms with E-state index in [-0.39, 0.29) is 18.2 Å². The van der Waals surface area contributed by atoms with Crippen LogP contribution >= 0.6 is 27.5 Å². The van der Waals surface area contributed by atoms with Gasteiger partial charge in [-0.1, -0.05) is 39.7 Å². The van der Waals surface area contributed by atoms with Gasteiger partial charge in [-0.2, -0.15) is 0 Å². The van der Waals surface area contributed by atoms with Gasteiger partial charge in [0.15, 0.2) is 12.3 Å². The van der Waals surface area contributed by atoms with Crippen molar-refractivity contribution in [1.29, 1.82) is 0 Å². The molecule has 2 N–H and O–H groups in total. The summed E-state index contributed by atoms with van der Waals surface area (Å²) in [6, 6.07) is 12.0. The number of hydrogen-bond acceptors (Lipinski definition) is 3. The van der Waals surface area contributed by atoms with Crippen LogP contribution in [-0.4, -0.2) is 55.7 Å². The number of carbonyl (C=O) groups is 3. The van der Waals surface area contributed by atoms with Crippen LogP contribution in [0.3, 0.4) is 0 Å². The fourth-order valence-electron chi connectivity index (χ4n) is 3.15. The SMILES string of the molecule is O=CN1CC[NH+](CC(=O)Nc2ccc(Cl)cc2C(=O)c2ccccc2Br)CC1. The first-order valence-corrected chi connectivity index (χ1v) is 10.1. The number of nitrogens with zero attached hydrogens (tertiary/aromatic N) is 1. The molecule has 2 aromatic carbocycles. The molecule has 0 unspecified atom stereocenters. The van der Waals surface area contributed by atoms with Crippen LogP contribution in [0.25, 0.3) is 0 Å². The van der Waals surface area contributed by atoms with Crippen LogP contribution in [0.15, 0.2) is 46.9 Å². The zero-order chi connectivity index (χ0) is 20.1. The predicted molar refractivity (Wildman–Crippen MR) is 111 cm³/mol.